The van der Waals surface area contributed by atoms with Crippen LogP contribution in [0, 0.1) is 0 Å². The van der Waals surface area contributed by atoms with Gasteiger partial charge in [-0.2, -0.15) is 0 Å². The van der Waals surface area contributed by atoms with Gasteiger partial charge < -0.3 is 15.4 Å². The van der Waals surface area contributed by atoms with Crippen molar-refractivity contribution in [1.29, 1.82) is 0 Å². The van der Waals surface area contributed by atoms with E-state index in [1.807, 2.05) is 24.3 Å². The maximum absolute atomic E-state index is 12.3. The Morgan fingerprint density at radius 2 is 1.68 bits per heavy atom. The molecule has 0 radical (unpaired) electrons. The lowest BCUT2D eigenvalue weighted by atomic mass is 10.1. The van der Waals surface area contributed by atoms with Gasteiger partial charge in [0.2, 0.25) is 0 Å². The number of aromatic amines is 1. The third-order valence-electron chi connectivity index (χ3n) is 3.43. The summed E-state index contributed by atoms with van der Waals surface area (Å²) in [7, 11) is 0. The summed E-state index contributed by atoms with van der Waals surface area (Å²) >= 11 is 0. The number of para-hydroxylation sites is 1. The summed E-state index contributed by atoms with van der Waals surface area (Å²) in [6, 6.07) is 16.7. The molecule has 110 valence electrons. The summed E-state index contributed by atoms with van der Waals surface area (Å²) in [5.74, 6) is -1.55. The highest BCUT2D eigenvalue weighted by molar-refractivity contribution is 5.99. The number of carboxylic acid groups (broad SMARTS) is 1. The maximum atomic E-state index is 12.3. The number of fused-ring (bicyclic) bond motifs is 1. The molecule has 0 aliphatic carbocycles. The van der Waals surface area contributed by atoms with Gasteiger partial charge in [-0.25, -0.2) is 4.79 Å². The lowest BCUT2D eigenvalue weighted by Gasteiger charge is -2.14. The van der Waals surface area contributed by atoms with Crippen molar-refractivity contribution in [3.8, 4) is 0 Å². The molecule has 22 heavy (non-hydrogen) atoms. The summed E-state index contributed by atoms with van der Waals surface area (Å²) in [5, 5.41) is 12.8. The lowest BCUT2D eigenvalue weighted by Crippen LogP contribution is -2.33. The molecule has 1 atom stereocenters. The van der Waals surface area contributed by atoms with E-state index in [9.17, 15) is 14.7 Å². The number of hydrogen-bond donors (Lipinski definition) is 3. The van der Waals surface area contributed by atoms with Crippen LogP contribution in [0.3, 0.4) is 0 Å². The van der Waals surface area contributed by atoms with Crippen molar-refractivity contribution in [3.63, 3.8) is 0 Å². The Bertz CT molecular complexity index is 791. The van der Waals surface area contributed by atoms with Crippen LogP contribution in [0.5, 0.6) is 0 Å². The fourth-order valence-corrected chi connectivity index (χ4v) is 2.34. The van der Waals surface area contributed by atoms with Crippen molar-refractivity contribution in [1.82, 2.24) is 10.3 Å². The second kappa shape index (κ2) is 5.73. The van der Waals surface area contributed by atoms with E-state index in [1.54, 1.807) is 36.4 Å². The van der Waals surface area contributed by atoms with E-state index in [1.165, 1.54) is 0 Å². The highest BCUT2D eigenvalue weighted by Crippen LogP contribution is 2.17. The number of H-pyrrole nitrogens is 1. The van der Waals surface area contributed by atoms with Crippen LogP contribution in [-0.2, 0) is 4.79 Å². The number of carbonyl (C=O) groups excluding carboxylic acids is 1. The van der Waals surface area contributed by atoms with Gasteiger partial charge in [0.05, 0.1) is 0 Å². The van der Waals surface area contributed by atoms with Gasteiger partial charge >= 0.3 is 5.97 Å². The van der Waals surface area contributed by atoms with E-state index in [0.717, 1.165) is 10.9 Å². The van der Waals surface area contributed by atoms with Crippen LogP contribution in [0.4, 0.5) is 0 Å². The van der Waals surface area contributed by atoms with Crippen molar-refractivity contribution in [2.75, 3.05) is 0 Å². The minimum Gasteiger partial charge on any atom is -0.479 e. The Labute approximate surface area is 126 Å². The van der Waals surface area contributed by atoms with Gasteiger partial charge in [0.15, 0.2) is 6.04 Å². The van der Waals surface area contributed by atoms with Crippen molar-refractivity contribution >= 4 is 22.8 Å². The van der Waals surface area contributed by atoms with E-state index < -0.39 is 17.9 Å². The number of amides is 1. The van der Waals surface area contributed by atoms with Crippen molar-refractivity contribution < 1.29 is 14.7 Å². The molecule has 1 heterocycles. The predicted molar refractivity (Wildman–Crippen MR) is 82.6 cm³/mol. The minimum atomic E-state index is -1.10. The molecule has 0 bridgehead atoms. The molecular formula is C17H14N2O3. The van der Waals surface area contributed by atoms with Gasteiger partial charge in [-0.05, 0) is 17.7 Å². The van der Waals surface area contributed by atoms with E-state index in [4.69, 9.17) is 0 Å². The van der Waals surface area contributed by atoms with Gasteiger partial charge in [-0.3, -0.25) is 4.79 Å². The largest absolute Gasteiger partial charge is 0.479 e. The number of benzene rings is 2. The highest BCUT2D eigenvalue weighted by atomic mass is 16.4. The molecule has 5 heteroatoms. The van der Waals surface area contributed by atoms with Crippen molar-refractivity contribution in [2.24, 2.45) is 0 Å². The number of hydrogen-bond acceptors (Lipinski definition) is 2. The number of nitrogens with one attached hydrogen (secondary N) is 2. The Morgan fingerprint density at radius 3 is 2.36 bits per heavy atom. The van der Waals surface area contributed by atoms with Crippen LogP contribution in [0.25, 0.3) is 10.9 Å². The molecule has 0 saturated carbocycles. The fourth-order valence-electron chi connectivity index (χ4n) is 2.34. The lowest BCUT2D eigenvalue weighted by molar-refractivity contribution is -0.139. The molecule has 0 spiro atoms. The quantitative estimate of drug-likeness (QED) is 0.692. The predicted octanol–water partition coefficient (Wildman–Crippen LogP) is 2.72. The molecule has 0 aliphatic rings. The van der Waals surface area contributed by atoms with Gasteiger partial charge in [-0.15, -0.1) is 0 Å². The minimum absolute atomic E-state index is 0.336. The van der Waals surface area contributed by atoms with Crippen LogP contribution in [0.15, 0.2) is 60.7 Å². The number of aliphatic carboxylic acids is 1. The molecular weight excluding hydrogens is 280 g/mol. The number of aromatic nitrogens is 1. The summed E-state index contributed by atoms with van der Waals surface area (Å²) in [6.07, 6.45) is 0. The first kappa shape index (κ1) is 13.9. The maximum Gasteiger partial charge on any atom is 0.330 e. The zero-order chi connectivity index (χ0) is 15.5. The molecule has 1 unspecified atom stereocenters. The first-order chi connectivity index (χ1) is 10.6. The zero-order valence-electron chi connectivity index (χ0n) is 11.6. The van der Waals surface area contributed by atoms with Gasteiger partial charge in [0.25, 0.3) is 5.91 Å². The van der Waals surface area contributed by atoms with Crippen LogP contribution in [0.1, 0.15) is 22.1 Å². The SMILES string of the molecule is O=C(NC(C(=O)O)c1ccccc1)c1cc2ccccc2[nH]1. The van der Waals surface area contributed by atoms with Crippen LogP contribution in [0.2, 0.25) is 0 Å². The molecule has 3 N–H and O–H groups in total. The summed E-state index contributed by atoms with van der Waals surface area (Å²) in [6.45, 7) is 0. The van der Waals surface area contributed by atoms with Crippen molar-refractivity contribution in [2.45, 2.75) is 6.04 Å². The van der Waals surface area contributed by atoms with E-state index in [0.29, 0.717) is 11.3 Å². The first-order valence-electron chi connectivity index (χ1n) is 6.81. The van der Waals surface area contributed by atoms with E-state index in [-0.39, 0.29) is 0 Å². The second-order valence-electron chi connectivity index (χ2n) is 4.93. The average Bonchev–Trinajstić information content (AvgIpc) is 2.97. The van der Waals surface area contributed by atoms with Crippen LogP contribution >= 0.6 is 0 Å². The summed E-state index contributed by atoms with van der Waals surface area (Å²) < 4.78 is 0. The third kappa shape index (κ3) is 2.69. The number of carbonyl (C=O) groups is 2. The summed E-state index contributed by atoms with van der Waals surface area (Å²) in [5.41, 5.74) is 1.70. The highest BCUT2D eigenvalue weighted by Gasteiger charge is 2.23. The van der Waals surface area contributed by atoms with Crippen LogP contribution in [-0.4, -0.2) is 22.0 Å². The zero-order valence-corrected chi connectivity index (χ0v) is 11.6. The van der Waals surface area contributed by atoms with E-state index in [2.05, 4.69) is 10.3 Å². The summed E-state index contributed by atoms with van der Waals surface area (Å²) in [4.78, 5) is 26.7. The Kier molecular flexibility index (Phi) is 3.62. The molecule has 1 aromatic heterocycles. The Morgan fingerprint density at radius 1 is 1.00 bits per heavy atom. The van der Waals surface area contributed by atoms with Gasteiger partial charge in [-0.1, -0.05) is 48.5 Å². The number of rotatable bonds is 4. The first-order valence-corrected chi connectivity index (χ1v) is 6.81. The fraction of sp³-hybridized carbons (Fsp3) is 0.0588. The van der Waals surface area contributed by atoms with E-state index >= 15 is 0 Å². The standard InChI is InChI=1S/C17H14N2O3/c20-16(14-10-12-8-4-5-9-13(12)18-14)19-15(17(21)22)11-6-2-1-3-7-11/h1-10,15,18H,(H,19,20)(H,21,22). The normalized spacial score (nSPS) is 12.0. The second-order valence-corrected chi connectivity index (χ2v) is 4.93. The smallest absolute Gasteiger partial charge is 0.330 e. The van der Waals surface area contributed by atoms with Crippen molar-refractivity contribution in [3.05, 3.63) is 71.9 Å². The topological polar surface area (TPSA) is 82.2 Å². The van der Waals surface area contributed by atoms with Crippen LogP contribution < -0.4 is 5.32 Å². The van der Waals surface area contributed by atoms with Gasteiger partial charge in [0.1, 0.15) is 5.69 Å². The molecule has 3 aromatic rings. The molecule has 1 amide bonds. The molecule has 0 aliphatic heterocycles. The Hall–Kier alpha value is -3.08. The van der Waals surface area contributed by atoms with Gasteiger partial charge in [0, 0.05) is 10.9 Å². The third-order valence-corrected chi connectivity index (χ3v) is 3.43. The number of carboxylic acids is 1. The molecule has 2 aromatic carbocycles. The molecule has 0 saturated heterocycles. The Balaban J connectivity index is 1.86. The monoisotopic (exact) mass is 294 g/mol. The molecule has 3 rings (SSSR count). The molecule has 0 fully saturated rings. The molecule has 5 nitrogen and oxygen atoms in total. The average molecular weight is 294 g/mol.